The molecule has 0 amide bonds. The number of aliphatic hydroxyl groups excluding tert-OH is 2. The van der Waals surface area contributed by atoms with Crippen LogP contribution in [0.2, 0.25) is 0 Å². The zero-order valence-corrected chi connectivity index (χ0v) is 23.0. The van der Waals surface area contributed by atoms with Crippen LogP contribution >= 0.6 is 7.82 Å². The molecule has 0 aromatic rings. The number of rotatable bonds is 22. The van der Waals surface area contributed by atoms with Crippen LogP contribution in [0.5, 0.6) is 0 Å². The van der Waals surface area contributed by atoms with E-state index in [1.54, 1.807) is 0 Å². The minimum absolute atomic E-state index is 0.372. The number of hydrogen-bond acceptors (Lipinski definition) is 3. The van der Waals surface area contributed by atoms with E-state index in [2.05, 4.69) is 13.8 Å². The first kappa shape index (κ1) is 37.6. The molecule has 0 aromatic heterocycles. The van der Waals surface area contributed by atoms with Gasteiger partial charge in [0.25, 0.3) is 0 Å². The van der Waals surface area contributed by atoms with Gasteiger partial charge in [-0.25, -0.2) is 4.57 Å². The molecule has 0 aliphatic carbocycles. The van der Waals surface area contributed by atoms with Crippen molar-refractivity contribution in [2.45, 2.75) is 155 Å². The van der Waals surface area contributed by atoms with E-state index in [-0.39, 0.29) is 0 Å². The Morgan fingerprint density at radius 3 is 0.697 bits per heavy atom. The van der Waals surface area contributed by atoms with Crippen molar-refractivity contribution in [2.24, 2.45) is 0 Å². The van der Waals surface area contributed by atoms with Gasteiger partial charge in [-0.1, -0.05) is 142 Å². The van der Waals surface area contributed by atoms with Gasteiger partial charge in [0.1, 0.15) is 0 Å². The van der Waals surface area contributed by atoms with Gasteiger partial charge < -0.3 is 24.9 Å². The van der Waals surface area contributed by atoms with Gasteiger partial charge in [-0.05, 0) is 12.8 Å². The quantitative estimate of drug-likeness (QED) is 0.0772. The van der Waals surface area contributed by atoms with Gasteiger partial charge in [-0.3, -0.25) is 0 Å². The number of aliphatic hydroxyl groups is 2. The van der Waals surface area contributed by atoms with Crippen LogP contribution < -0.4 is 0 Å². The minimum Gasteiger partial charge on any atom is -0.396 e. The lowest BCUT2D eigenvalue weighted by atomic mass is 10.1. The Labute approximate surface area is 205 Å². The van der Waals surface area contributed by atoms with Crippen molar-refractivity contribution >= 4 is 7.82 Å². The fraction of sp³-hybridized carbons (Fsp3) is 1.00. The molecule has 33 heavy (non-hydrogen) atoms. The summed E-state index contributed by atoms with van der Waals surface area (Å²) in [7, 11) is -4.64. The summed E-state index contributed by atoms with van der Waals surface area (Å²) in [5, 5.41) is 17.2. The second kappa shape index (κ2) is 34.2. The Bertz CT molecular complexity index is 306. The summed E-state index contributed by atoms with van der Waals surface area (Å²) < 4.78 is 8.88. The second-order valence-corrected chi connectivity index (χ2v) is 10.1. The summed E-state index contributed by atoms with van der Waals surface area (Å²) in [5.41, 5.74) is 0. The van der Waals surface area contributed by atoms with Crippen LogP contribution in [0.1, 0.15) is 155 Å². The van der Waals surface area contributed by atoms with Crippen LogP contribution in [0.15, 0.2) is 0 Å². The van der Waals surface area contributed by atoms with Gasteiger partial charge in [0.15, 0.2) is 0 Å². The SMILES string of the molecule is CCCCCCCCCCCCCO.CCCCCCCCCCCCCO.O=P(O)(O)O. The second-order valence-electron chi connectivity index (χ2n) is 9.03. The maximum atomic E-state index is 8.88. The van der Waals surface area contributed by atoms with Gasteiger partial charge in [0, 0.05) is 13.2 Å². The Kier molecular flexibility index (Phi) is 38.9. The molecule has 0 heterocycles. The van der Waals surface area contributed by atoms with E-state index in [9.17, 15) is 0 Å². The van der Waals surface area contributed by atoms with Crippen LogP contribution in [0.3, 0.4) is 0 Å². The normalized spacial score (nSPS) is 10.9. The maximum absolute atomic E-state index is 8.88. The molecular weight excluding hydrogens is 439 g/mol. The molecule has 204 valence electrons. The summed E-state index contributed by atoms with van der Waals surface area (Å²) in [6.07, 6.45) is 29.5. The Morgan fingerprint density at radius 2 is 0.545 bits per heavy atom. The van der Waals surface area contributed by atoms with Gasteiger partial charge in [0.2, 0.25) is 0 Å². The van der Waals surface area contributed by atoms with E-state index in [1.807, 2.05) is 0 Å². The summed E-state index contributed by atoms with van der Waals surface area (Å²) >= 11 is 0. The van der Waals surface area contributed by atoms with Gasteiger partial charge >= 0.3 is 7.82 Å². The molecule has 0 fully saturated rings. The van der Waals surface area contributed by atoms with E-state index in [1.165, 1.54) is 128 Å². The van der Waals surface area contributed by atoms with Crippen LogP contribution in [0.4, 0.5) is 0 Å². The molecule has 0 saturated heterocycles. The van der Waals surface area contributed by atoms with Crippen molar-refractivity contribution in [2.75, 3.05) is 13.2 Å². The number of hydrogen-bond donors (Lipinski definition) is 5. The summed E-state index contributed by atoms with van der Waals surface area (Å²) in [4.78, 5) is 21.6. The lowest BCUT2D eigenvalue weighted by Gasteiger charge is -2.01. The molecule has 0 unspecified atom stereocenters. The van der Waals surface area contributed by atoms with Crippen LogP contribution in [0.25, 0.3) is 0 Å². The first-order chi connectivity index (χ1) is 15.8. The van der Waals surface area contributed by atoms with Gasteiger partial charge in [-0.15, -0.1) is 0 Å². The predicted octanol–water partition coefficient (Wildman–Crippen LogP) is 7.65. The molecule has 0 aliphatic heterocycles. The third kappa shape index (κ3) is 59.5. The third-order valence-corrected chi connectivity index (χ3v) is 5.52. The molecule has 0 rings (SSSR count). The van der Waals surface area contributed by atoms with E-state index >= 15 is 0 Å². The average Bonchev–Trinajstić information content (AvgIpc) is 2.76. The fourth-order valence-corrected chi connectivity index (χ4v) is 3.55. The summed E-state index contributed by atoms with van der Waals surface area (Å²) in [5.74, 6) is 0. The molecule has 0 atom stereocenters. The molecule has 0 aliphatic rings. The Morgan fingerprint density at radius 1 is 0.394 bits per heavy atom. The van der Waals surface area contributed by atoms with Crippen molar-refractivity contribution in [3.63, 3.8) is 0 Å². The van der Waals surface area contributed by atoms with E-state index < -0.39 is 7.82 Å². The van der Waals surface area contributed by atoms with Crippen molar-refractivity contribution in [1.82, 2.24) is 0 Å². The molecule has 7 heteroatoms. The van der Waals surface area contributed by atoms with Crippen LogP contribution in [-0.2, 0) is 4.57 Å². The highest BCUT2D eigenvalue weighted by Gasteiger charge is 2.00. The largest absolute Gasteiger partial charge is 0.466 e. The number of phosphoric acid groups is 1. The Balaban J connectivity index is -0.000000453. The highest BCUT2D eigenvalue weighted by Crippen LogP contribution is 2.25. The van der Waals surface area contributed by atoms with Crippen LogP contribution in [0, 0.1) is 0 Å². The van der Waals surface area contributed by atoms with Crippen molar-refractivity contribution in [3.05, 3.63) is 0 Å². The van der Waals surface area contributed by atoms with E-state index in [4.69, 9.17) is 29.5 Å². The van der Waals surface area contributed by atoms with E-state index in [0.29, 0.717) is 13.2 Å². The minimum atomic E-state index is -4.64. The first-order valence-electron chi connectivity index (χ1n) is 13.8. The Hall–Kier alpha value is 0.0300. The average molecular weight is 499 g/mol. The molecule has 5 N–H and O–H groups in total. The van der Waals surface area contributed by atoms with Gasteiger partial charge in [0.05, 0.1) is 0 Å². The lowest BCUT2D eigenvalue weighted by molar-refractivity contribution is 0.275. The molecule has 0 radical (unpaired) electrons. The summed E-state index contributed by atoms with van der Waals surface area (Å²) in [6, 6.07) is 0. The lowest BCUT2D eigenvalue weighted by Crippen LogP contribution is -1.84. The number of unbranched alkanes of at least 4 members (excludes halogenated alkanes) is 20. The fourth-order valence-electron chi connectivity index (χ4n) is 3.55. The van der Waals surface area contributed by atoms with Crippen molar-refractivity contribution in [1.29, 1.82) is 0 Å². The standard InChI is InChI=1S/2C13H28O.H3O4P/c2*1-2-3-4-5-6-7-8-9-10-11-12-13-14;1-5(2,3)4/h2*14H,2-13H2,1H3;(H3,1,2,3,4). The topological polar surface area (TPSA) is 118 Å². The molecule has 6 nitrogen and oxygen atoms in total. The van der Waals surface area contributed by atoms with Crippen molar-refractivity contribution < 1.29 is 29.5 Å². The molecule has 0 aromatic carbocycles. The predicted molar refractivity (Wildman–Crippen MR) is 141 cm³/mol. The van der Waals surface area contributed by atoms with Crippen LogP contribution in [-0.4, -0.2) is 38.1 Å². The third-order valence-electron chi connectivity index (χ3n) is 5.52. The molecule has 0 bridgehead atoms. The zero-order valence-electron chi connectivity index (χ0n) is 22.1. The highest BCUT2D eigenvalue weighted by molar-refractivity contribution is 7.45. The molecular formula is C26H59O6P. The monoisotopic (exact) mass is 498 g/mol. The van der Waals surface area contributed by atoms with E-state index in [0.717, 1.165) is 12.8 Å². The smallest absolute Gasteiger partial charge is 0.396 e. The van der Waals surface area contributed by atoms with Gasteiger partial charge in [-0.2, -0.15) is 0 Å². The van der Waals surface area contributed by atoms with Crippen molar-refractivity contribution in [3.8, 4) is 0 Å². The highest BCUT2D eigenvalue weighted by atomic mass is 31.2. The maximum Gasteiger partial charge on any atom is 0.466 e. The molecule has 0 spiro atoms. The summed E-state index contributed by atoms with van der Waals surface area (Å²) in [6.45, 7) is 5.27. The zero-order chi connectivity index (χ0) is 25.5. The molecule has 0 saturated carbocycles. The first-order valence-corrected chi connectivity index (χ1v) is 15.4.